The van der Waals surface area contributed by atoms with Crippen LogP contribution in [0, 0.1) is 5.82 Å². The van der Waals surface area contributed by atoms with E-state index in [0.29, 0.717) is 23.1 Å². The molecular weight excluding hydrogens is 672 g/mol. The number of unbranched alkanes of at least 4 members (excludes halogenated alkanes) is 1. The van der Waals surface area contributed by atoms with Gasteiger partial charge in [0.15, 0.2) is 0 Å². The third-order valence-corrected chi connectivity index (χ3v) is 8.24. The van der Waals surface area contributed by atoms with Crippen LogP contribution in [0.5, 0.6) is 0 Å². The topological polar surface area (TPSA) is 189 Å². The summed E-state index contributed by atoms with van der Waals surface area (Å²) in [6.07, 6.45) is -1.72. The van der Waals surface area contributed by atoms with Crippen LogP contribution < -0.4 is 20.9 Å². The zero-order valence-corrected chi connectivity index (χ0v) is 26.7. The highest BCUT2D eigenvalue weighted by Crippen LogP contribution is 2.30. The van der Waals surface area contributed by atoms with E-state index in [1.165, 1.54) is 29.2 Å². The van der Waals surface area contributed by atoms with Gasteiger partial charge in [0.05, 0.1) is 41.0 Å². The summed E-state index contributed by atoms with van der Waals surface area (Å²) in [4.78, 5) is 77.4. The number of primary amides is 1. The van der Waals surface area contributed by atoms with Crippen molar-refractivity contribution in [3.63, 3.8) is 0 Å². The number of carboxylic acids is 1. The van der Waals surface area contributed by atoms with Crippen molar-refractivity contribution in [2.45, 2.75) is 37.8 Å². The number of morpholine rings is 1. The average Bonchev–Trinajstić information content (AvgIpc) is 3.59. The van der Waals surface area contributed by atoms with E-state index in [-0.39, 0.29) is 74.5 Å². The van der Waals surface area contributed by atoms with E-state index in [4.69, 9.17) is 26.8 Å². The number of rotatable bonds is 14. The fourth-order valence-electron chi connectivity index (χ4n) is 4.81. The number of carbonyl (C=O) groups is 6. The molecule has 4 N–H and O–H groups in total. The van der Waals surface area contributed by atoms with Gasteiger partial charge in [0, 0.05) is 18.7 Å². The Kier molecular flexibility index (Phi) is 13.3. The molecule has 5 amide bonds. The second-order valence-corrected chi connectivity index (χ2v) is 12.0. The first-order chi connectivity index (χ1) is 21.4. The maximum absolute atomic E-state index is 15.2. The molecule has 46 heavy (non-hydrogen) atoms. The van der Waals surface area contributed by atoms with E-state index in [1.807, 2.05) is 0 Å². The zero-order valence-electron chi connectivity index (χ0n) is 24.3. The van der Waals surface area contributed by atoms with Gasteiger partial charge in [0.25, 0.3) is 11.8 Å². The number of cyclic esters (lactones) is 1. The summed E-state index contributed by atoms with van der Waals surface area (Å²) in [6.45, 7) is 0.149. The van der Waals surface area contributed by atoms with Gasteiger partial charge >= 0.3 is 12.1 Å². The summed E-state index contributed by atoms with van der Waals surface area (Å²) < 4.78 is 26.0. The molecule has 14 nitrogen and oxygen atoms in total. The van der Waals surface area contributed by atoms with Crippen molar-refractivity contribution in [3.05, 3.63) is 45.4 Å². The van der Waals surface area contributed by atoms with E-state index < -0.39 is 54.2 Å². The number of thiophene rings is 1. The van der Waals surface area contributed by atoms with E-state index in [2.05, 4.69) is 5.32 Å². The van der Waals surface area contributed by atoms with Crippen molar-refractivity contribution in [2.75, 3.05) is 49.2 Å². The van der Waals surface area contributed by atoms with Gasteiger partial charge in [-0.25, -0.2) is 9.18 Å². The first-order valence-electron chi connectivity index (χ1n) is 13.9. The van der Waals surface area contributed by atoms with Crippen LogP contribution in [0.2, 0.25) is 4.34 Å². The van der Waals surface area contributed by atoms with Crippen LogP contribution in [0.15, 0.2) is 30.3 Å². The third kappa shape index (κ3) is 9.35. The number of nitrogens with zero attached hydrogens (tertiary/aromatic N) is 3. The second-order valence-electron chi connectivity index (χ2n) is 10.2. The standard InChI is InChI=1S/C28H31ClFN5O9S.ClH/c29-22-7-6-21(45-22)26(39)35(24(37)3-1-2-8-32-19(27(40)41)12-23(31)36)14-17-13-34(28(42)44-17)20-5-4-16(11-18(20)30)33-9-10-43-15-25(33)38;/h4-7,11,17,19,32H,1-3,8-10,12-15H2,(H2,31,36)(H,40,41);1H/t17-,19+;/m1./s1. The van der Waals surface area contributed by atoms with Crippen LogP contribution in [-0.4, -0.2) is 97.2 Å². The quantitative estimate of drug-likeness (QED) is 0.247. The normalized spacial score (nSPS) is 16.9. The molecule has 4 rings (SSSR count). The fraction of sp³-hybridized carbons (Fsp3) is 0.429. The molecule has 0 aliphatic carbocycles. The summed E-state index contributed by atoms with van der Waals surface area (Å²) in [5, 5.41) is 11.9. The molecule has 18 heteroatoms. The number of nitrogens with two attached hydrogens (primary N) is 1. The van der Waals surface area contributed by atoms with Crippen molar-refractivity contribution in [1.82, 2.24) is 10.2 Å². The summed E-state index contributed by atoms with van der Waals surface area (Å²) in [6, 6.07) is 5.80. The lowest BCUT2D eigenvalue weighted by molar-refractivity contribution is -0.141. The van der Waals surface area contributed by atoms with E-state index in [0.717, 1.165) is 27.2 Å². The Bertz CT molecular complexity index is 1480. The van der Waals surface area contributed by atoms with Gasteiger partial charge in [-0.05, 0) is 49.7 Å². The van der Waals surface area contributed by atoms with Crippen molar-refractivity contribution in [1.29, 1.82) is 0 Å². The van der Waals surface area contributed by atoms with Crippen LogP contribution in [-0.2, 0) is 28.7 Å². The number of amides is 5. The predicted molar refractivity (Wildman–Crippen MR) is 167 cm³/mol. The molecule has 2 saturated heterocycles. The maximum Gasteiger partial charge on any atom is 0.414 e. The Hall–Kier alpha value is -3.83. The maximum atomic E-state index is 15.2. The molecule has 0 unspecified atom stereocenters. The lowest BCUT2D eigenvalue weighted by atomic mass is 10.1. The molecule has 2 atom stereocenters. The minimum absolute atomic E-state index is 0. The Morgan fingerprint density at radius 1 is 1.17 bits per heavy atom. The first kappa shape index (κ1) is 36.6. The molecule has 3 heterocycles. The van der Waals surface area contributed by atoms with Gasteiger partial charge < -0.3 is 30.5 Å². The molecule has 0 radical (unpaired) electrons. The largest absolute Gasteiger partial charge is 0.480 e. The van der Waals surface area contributed by atoms with Gasteiger partial charge in [0.1, 0.15) is 24.6 Å². The number of benzene rings is 1. The highest BCUT2D eigenvalue weighted by molar-refractivity contribution is 7.18. The van der Waals surface area contributed by atoms with Gasteiger partial charge in [-0.2, -0.15) is 0 Å². The van der Waals surface area contributed by atoms with E-state index in [1.54, 1.807) is 0 Å². The Labute approximate surface area is 277 Å². The highest BCUT2D eigenvalue weighted by atomic mass is 35.5. The summed E-state index contributed by atoms with van der Waals surface area (Å²) in [7, 11) is 0. The van der Waals surface area contributed by atoms with Crippen LogP contribution in [0.3, 0.4) is 0 Å². The lowest BCUT2D eigenvalue weighted by Gasteiger charge is -2.27. The van der Waals surface area contributed by atoms with Crippen molar-refractivity contribution in [2.24, 2.45) is 5.73 Å². The molecule has 0 spiro atoms. The third-order valence-electron chi connectivity index (χ3n) is 7.02. The lowest BCUT2D eigenvalue weighted by Crippen LogP contribution is -2.43. The molecule has 2 aliphatic heterocycles. The SMILES string of the molecule is Cl.NC(=O)C[C@H](NCCCCC(=O)N(C[C@H]1CN(c2ccc(N3CCOCC3=O)cc2F)C(=O)O1)C(=O)c1ccc(Cl)s1)C(=O)O. The second kappa shape index (κ2) is 16.6. The molecule has 2 aliphatic rings. The van der Waals surface area contributed by atoms with Gasteiger partial charge in [0.2, 0.25) is 11.8 Å². The van der Waals surface area contributed by atoms with Gasteiger partial charge in [-0.1, -0.05) is 11.6 Å². The number of hydrogen-bond acceptors (Lipinski definition) is 10. The van der Waals surface area contributed by atoms with E-state index in [9.17, 15) is 33.9 Å². The molecule has 2 aromatic rings. The Balaban J connectivity index is 0.00000576. The number of carbonyl (C=O) groups excluding carboxylic acids is 5. The number of carboxylic acid groups (broad SMARTS) is 1. The molecule has 0 saturated carbocycles. The van der Waals surface area contributed by atoms with Gasteiger partial charge in [-0.3, -0.25) is 33.8 Å². The average molecular weight is 705 g/mol. The number of aliphatic carboxylic acids is 1. The van der Waals surface area contributed by atoms with Crippen molar-refractivity contribution < 1.29 is 47.7 Å². The highest BCUT2D eigenvalue weighted by Gasteiger charge is 2.38. The predicted octanol–water partition coefficient (Wildman–Crippen LogP) is 2.41. The first-order valence-corrected chi connectivity index (χ1v) is 15.1. The number of anilines is 2. The number of nitrogens with one attached hydrogen (secondary N) is 1. The van der Waals surface area contributed by atoms with Crippen molar-refractivity contribution >= 4 is 82.4 Å². The summed E-state index contributed by atoms with van der Waals surface area (Å²) >= 11 is 6.96. The van der Waals surface area contributed by atoms with Crippen molar-refractivity contribution in [3.8, 4) is 0 Å². The Morgan fingerprint density at radius 2 is 1.93 bits per heavy atom. The summed E-state index contributed by atoms with van der Waals surface area (Å²) in [5.74, 6) is -4.32. The molecule has 1 aromatic carbocycles. The summed E-state index contributed by atoms with van der Waals surface area (Å²) in [5.41, 5.74) is 5.29. The minimum atomic E-state index is -1.24. The minimum Gasteiger partial charge on any atom is -0.480 e. The molecule has 0 bridgehead atoms. The van der Waals surface area contributed by atoms with Crippen LogP contribution in [0.1, 0.15) is 35.4 Å². The van der Waals surface area contributed by atoms with E-state index >= 15 is 4.39 Å². The number of hydrogen-bond donors (Lipinski definition) is 3. The molecular formula is C28H32Cl2FN5O9S. The number of ether oxygens (including phenoxy) is 2. The number of halogens is 3. The number of imide groups is 1. The Morgan fingerprint density at radius 3 is 2.57 bits per heavy atom. The monoisotopic (exact) mass is 703 g/mol. The van der Waals surface area contributed by atoms with Gasteiger partial charge in [-0.15, -0.1) is 23.7 Å². The zero-order chi connectivity index (χ0) is 32.7. The fourth-order valence-corrected chi connectivity index (χ4v) is 5.80. The van der Waals surface area contributed by atoms with Crippen LogP contribution in [0.25, 0.3) is 0 Å². The molecule has 250 valence electrons. The smallest absolute Gasteiger partial charge is 0.414 e. The molecule has 1 aromatic heterocycles. The van der Waals surface area contributed by atoms with Crippen LogP contribution >= 0.6 is 35.3 Å². The molecule has 2 fully saturated rings. The van der Waals surface area contributed by atoms with Crippen LogP contribution in [0.4, 0.5) is 20.6 Å².